The van der Waals surface area contributed by atoms with Crippen molar-refractivity contribution in [2.45, 2.75) is 32.5 Å². The lowest BCUT2D eigenvalue weighted by atomic mass is 10.0. The quantitative estimate of drug-likeness (QED) is 0.371. The van der Waals surface area contributed by atoms with Gasteiger partial charge in [-0.05, 0) is 60.9 Å². The number of aryl methyl sites for hydroxylation is 2. The van der Waals surface area contributed by atoms with Gasteiger partial charge >= 0.3 is 0 Å². The molecule has 0 N–H and O–H groups in total. The zero-order chi connectivity index (χ0) is 21.0. The van der Waals surface area contributed by atoms with Crippen LogP contribution in [0.25, 0.3) is 0 Å². The highest BCUT2D eigenvalue weighted by Gasteiger charge is 2.27. The SMILES string of the molecule is Cc1cccc(CN2CCCn3cccc3[C@@H]2c2cccc(Oc3ccccc3)c2)c1. The molecule has 1 atom stereocenters. The van der Waals surface area contributed by atoms with E-state index in [1.165, 1.54) is 22.4 Å². The molecule has 4 aromatic rings. The van der Waals surface area contributed by atoms with Crippen LogP contribution in [0.3, 0.4) is 0 Å². The number of para-hydroxylation sites is 1. The van der Waals surface area contributed by atoms with Gasteiger partial charge in [-0.2, -0.15) is 0 Å². The monoisotopic (exact) mass is 408 g/mol. The van der Waals surface area contributed by atoms with E-state index >= 15 is 0 Å². The molecule has 0 bridgehead atoms. The van der Waals surface area contributed by atoms with Gasteiger partial charge in [0.15, 0.2) is 0 Å². The van der Waals surface area contributed by atoms with E-state index in [1.807, 2.05) is 36.4 Å². The van der Waals surface area contributed by atoms with Gasteiger partial charge in [0.25, 0.3) is 0 Å². The Morgan fingerprint density at radius 3 is 2.52 bits per heavy atom. The van der Waals surface area contributed by atoms with Crippen LogP contribution in [-0.2, 0) is 13.1 Å². The third-order valence-electron chi connectivity index (χ3n) is 5.98. The topological polar surface area (TPSA) is 17.4 Å². The summed E-state index contributed by atoms with van der Waals surface area (Å²) in [5.41, 5.74) is 5.29. The highest BCUT2D eigenvalue weighted by Crippen LogP contribution is 2.35. The van der Waals surface area contributed by atoms with Crippen molar-refractivity contribution in [3.8, 4) is 11.5 Å². The average molecular weight is 409 g/mol. The van der Waals surface area contributed by atoms with Gasteiger partial charge in [0.05, 0.1) is 6.04 Å². The molecule has 0 aliphatic carbocycles. The van der Waals surface area contributed by atoms with E-state index in [4.69, 9.17) is 4.74 Å². The van der Waals surface area contributed by atoms with Crippen LogP contribution >= 0.6 is 0 Å². The Hall–Kier alpha value is -3.30. The fourth-order valence-electron chi connectivity index (χ4n) is 4.61. The molecule has 1 aliphatic rings. The maximum absolute atomic E-state index is 6.15. The largest absolute Gasteiger partial charge is 0.457 e. The first-order chi connectivity index (χ1) is 15.3. The number of hydrogen-bond donors (Lipinski definition) is 0. The fraction of sp³-hybridized carbons (Fsp3) is 0.214. The van der Waals surface area contributed by atoms with Crippen molar-refractivity contribution in [2.24, 2.45) is 0 Å². The molecule has 0 saturated carbocycles. The number of fused-ring (bicyclic) bond motifs is 1. The molecule has 0 amide bonds. The molecule has 0 spiro atoms. The van der Waals surface area contributed by atoms with Crippen molar-refractivity contribution in [1.82, 2.24) is 9.47 Å². The maximum Gasteiger partial charge on any atom is 0.127 e. The smallest absolute Gasteiger partial charge is 0.127 e. The summed E-state index contributed by atoms with van der Waals surface area (Å²) in [6.07, 6.45) is 3.35. The number of rotatable bonds is 5. The molecule has 1 aliphatic heterocycles. The Balaban J connectivity index is 1.51. The summed E-state index contributed by atoms with van der Waals surface area (Å²) in [7, 11) is 0. The minimum Gasteiger partial charge on any atom is -0.457 e. The van der Waals surface area contributed by atoms with Crippen LogP contribution in [-0.4, -0.2) is 16.0 Å². The summed E-state index contributed by atoms with van der Waals surface area (Å²) in [5, 5.41) is 0. The van der Waals surface area contributed by atoms with Gasteiger partial charge in [-0.1, -0.05) is 60.2 Å². The summed E-state index contributed by atoms with van der Waals surface area (Å²) in [4.78, 5) is 2.61. The standard InChI is InChI=1S/C28H28N2O/c1-22-9-5-10-23(19-22)21-30-18-8-17-29-16-7-15-27(29)28(30)24-11-6-14-26(20-24)31-25-12-3-2-4-13-25/h2-7,9-16,19-20,28H,8,17-18,21H2,1H3/t28-/m0/s1. The molecule has 156 valence electrons. The van der Waals surface area contributed by atoms with Gasteiger partial charge in [-0.25, -0.2) is 0 Å². The predicted octanol–water partition coefficient (Wildman–Crippen LogP) is 6.58. The Kier molecular flexibility index (Phi) is 5.59. The highest BCUT2D eigenvalue weighted by atomic mass is 16.5. The van der Waals surface area contributed by atoms with Crippen molar-refractivity contribution < 1.29 is 4.74 Å². The van der Waals surface area contributed by atoms with E-state index in [-0.39, 0.29) is 6.04 Å². The summed E-state index contributed by atoms with van der Waals surface area (Å²) in [6.45, 7) is 5.22. The van der Waals surface area contributed by atoms with Crippen molar-refractivity contribution in [3.05, 3.63) is 120 Å². The molecule has 0 saturated heterocycles. The van der Waals surface area contributed by atoms with Crippen LogP contribution in [0.2, 0.25) is 0 Å². The molecule has 3 aromatic carbocycles. The summed E-state index contributed by atoms with van der Waals surface area (Å²) in [5.74, 6) is 1.74. The molecule has 31 heavy (non-hydrogen) atoms. The van der Waals surface area contributed by atoms with Crippen LogP contribution < -0.4 is 4.74 Å². The van der Waals surface area contributed by atoms with Gasteiger partial charge in [-0.3, -0.25) is 4.90 Å². The van der Waals surface area contributed by atoms with Gasteiger partial charge < -0.3 is 9.30 Å². The Bertz CT molecular complexity index is 1150. The molecule has 1 aromatic heterocycles. The summed E-state index contributed by atoms with van der Waals surface area (Å²) >= 11 is 0. The van der Waals surface area contributed by atoms with Crippen LogP contribution in [0, 0.1) is 6.92 Å². The Morgan fingerprint density at radius 2 is 1.65 bits per heavy atom. The first kappa shape index (κ1) is 19.7. The molecule has 3 heteroatoms. The normalized spacial score (nSPS) is 16.5. The minimum atomic E-state index is 0.192. The van der Waals surface area contributed by atoms with Crippen molar-refractivity contribution in [1.29, 1.82) is 0 Å². The first-order valence-corrected chi connectivity index (χ1v) is 11.0. The molecule has 0 fully saturated rings. The van der Waals surface area contributed by atoms with E-state index in [0.29, 0.717) is 0 Å². The minimum absolute atomic E-state index is 0.192. The number of nitrogens with zero attached hydrogens (tertiary/aromatic N) is 2. The average Bonchev–Trinajstić information content (AvgIpc) is 3.16. The summed E-state index contributed by atoms with van der Waals surface area (Å²) in [6, 6.07) is 32.1. The van der Waals surface area contributed by atoms with Crippen LogP contribution in [0.15, 0.2) is 97.2 Å². The van der Waals surface area contributed by atoms with Gasteiger partial charge in [0, 0.05) is 31.5 Å². The van der Waals surface area contributed by atoms with Gasteiger partial charge in [0.2, 0.25) is 0 Å². The number of hydrogen-bond acceptors (Lipinski definition) is 2. The third kappa shape index (κ3) is 4.42. The zero-order valence-corrected chi connectivity index (χ0v) is 17.9. The van der Waals surface area contributed by atoms with Crippen molar-refractivity contribution in [3.63, 3.8) is 0 Å². The maximum atomic E-state index is 6.15. The summed E-state index contributed by atoms with van der Waals surface area (Å²) < 4.78 is 8.56. The molecule has 5 rings (SSSR count). The van der Waals surface area contributed by atoms with Gasteiger partial charge in [0.1, 0.15) is 11.5 Å². The fourth-order valence-corrected chi connectivity index (χ4v) is 4.61. The van der Waals surface area contributed by atoms with E-state index in [0.717, 1.165) is 37.6 Å². The van der Waals surface area contributed by atoms with Crippen molar-refractivity contribution >= 4 is 0 Å². The number of benzene rings is 3. The molecule has 0 radical (unpaired) electrons. The number of ether oxygens (including phenoxy) is 1. The van der Waals surface area contributed by atoms with E-state index in [9.17, 15) is 0 Å². The third-order valence-corrected chi connectivity index (χ3v) is 5.98. The Labute approximate surface area is 184 Å². The highest BCUT2D eigenvalue weighted by molar-refractivity contribution is 5.38. The Morgan fingerprint density at radius 1 is 0.806 bits per heavy atom. The van der Waals surface area contributed by atoms with E-state index < -0.39 is 0 Å². The van der Waals surface area contributed by atoms with Crippen LogP contribution in [0.5, 0.6) is 11.5 Å². The molecular formula is C28H28N2O. The molecular weight excluding hydrogens is 380 g/mol. The first-order valence-electron chi connectivity index (χ1n) is 11.0. The molecule has 3 nitrogen and oxygen atoms in total. The van der Waals surface area contributed by atoms with Crippen LogP contribution in [0.4, 0.5) is 0 Å². The zero-order valence-electron chi connectivity index (χ0n) is 17.9. The van der Waals surface area contributed by atoms with Gasteiger partial charge in [-0.15, -0.1) is 0 Å². The second kappa shape index (κ2) is 8.83. The predicted molar refractivity (Wildman–Crippen MR) is 125 cm³/mol. The van der Waals surface area contributed by atoms with Crippen molar-refractivity contribution in [2.75, 3.05) is 6.54 Å². The molecule has 2 heterocycles. The second-order valence-corrected chi connectivity index (χ2v) is 8.33. The van der Waals surface area contributed by atoms with E-state index in [1.54, 1.807) is 0 Å². The lowest BCUT2D eigenvalue weighted by molar-refractivity contribution is 0.220. The lowest BCUT2D eigenvalue weighted by Gasteiger charge is -2.31. The number of aromatic nitrogens is 1. The van der Waals surface area contributed by atoms with Crippen LogP contribution in [0.1, 0.15) is 34.8 Å². The second-order valence-electron chi connectivity index (χ2n) is 8.33. The molecule has 0 unspecified atom stereocenters. The lowest BCUT2D eigenvalue weighted by Crippen LogP contribution is -2.29. The van der Waals surface area contributed by atoms with E-state index in [2.05, 4.69) is 77.2 Å².